The van der Waals surface area contributed by atoms with Crippen molar-refractivity contribution in [1.29, 1.82) is 0 Å². The fraction of sp³-hybridized carbons (Fsp3) is 0.0769. The molecule has 4 nitrogen and oxygen atoms in total. The summed E-state index contributed by atoms with van der Waals surface area (Å²) in [6.07, 6.45) is 1.46. The van der Waals surface area contributed by atoms with Crippen LogP contribution in [-0.4, -0.2) is 10.9 Å². The lowest BCUT2D eigenvalue weighted by molar-refractivity contribution is 0.102. The van der Waals surface area contributed by atoms with Crippen LogP contribution in [0, 0.1) is 12.7 Å². The number of amides is 1. The van der Waals surface area contributed by atoms with Gasteiger partial charge in [0.25, 0.3) is 5.91 Å². The minimum atomic E-state index is -0.363. The molecule has 18 heavy (non-hydrogen) atoms. The summed E-state index contributed by atoms with van der Waals surface area (Å²) in [6.45, 7) is 1.68. The summed E-state index contributed by atoms with van der Waals surface area (Å²) in [6, 6.07) is 7.26. The maximum Gasteiger partial charge on any atom is 0.255 e. The van der Waals surface area contributed by atoms with Gasteiger partial charge in [0.2, 0.25) is 0 Å². The van der Waals surface area contributed by atoms with Crippen LogP contribution in [0.3, 0.4) is 0 Å². The number of pyridine rings is 1. The number of nitrogens with zero attached hydrogens (tertiary/aromatic N) is 1. The van der Waals surface area contributed by atoms with Crippen LogP contribution >= 0.6 is 0 Å². The van der Waals surface area contributed by atoms with Crippen molar-refractivity contribution in [3.05, 3.63) is 53.5 Å². The predicted molar refractivity (Wildman–Crippen MR) is 67.7 cm³/mol. The van der Waals surface area contributed by atoms with Crippen molar-refractivity contribution in [3.8, 4) is 0 Å². The van der Waals surface area contributed by atoms with Crippen LogP contribution in [0.25, 0.3) is 0 Å². The molecule has 0 saturated heterocycles. The van der Waals surface area contributed by atoms with Gasteiger partial charge < -0.3 is 11.1 Å². The maximum atomic E-state index is 12.9. The third-order valence-corrected chi connectivity index (χ3v) is 2.48. The van der Waals surface area contributed by atoms with Crippen LogP contribution < -0.4 is 11.1 Å². The van der Waals surface area contributed by atoms with Crippen molar-refractivity contribution in [3.63, 3.8) is 0 Å². The van der Waals surface area contributed by atoms with Crippen LogP contribution in [0.2, 0.25) is 0 Å². The highest BCUT2D eigenvalue weighted by molar-refractivity contribution is 6.05. The Kier molecular flexibility index (Phi) is 3.23. The Morgan fingerprint density at radius 2 is 2.11 bits per heavy atom. The number of rotatable bonds is 2. The lowest BCUT2D eigenvalue weighted by Gasteiger charge is -2.07. The number of carbonyl (C=O) groups excluding carboxylic acids is 1. The largest absolute Gasteiger partial charge is 0.384 e. The summed E-state index contributed by atoms with van der Waals surface area (Å²) in [5.41, 5.74) is 6.99. The van der Waals surface area contributed by atoms with Crippen LogP contribution in [0.1, 0.15) is 15.9 Å². The fourth-order valence-electron chi connectivity index (χ4n) is 1.56. The minimum absolute atomic E-state index is 0.306. The molecule has 0 aliphatic carbocycles. The first-order valence-electron chi connectivity index (χ1n) is 5.35. The topological polar surface area (TPSA) is 68.0 Å². The van der Waals surface area contributed by atoms with Crippen molar-refractivity contribution in [1.82, 2.24) is 4.98 Å². The monoisotopic (exact) mass is 245 g/mol. The van der Waals surface area contributed by atoms with Gasteiger partial charge in [-0.05, 0) is 42.8 Å². The van der Waals surface area contributed by atoms with Crippen molar-refractivity contribution in [2.24, 2.45) is 0 Å². The number of hydrogen-bond donors (Lipinski definition) is 2. The first-order chi connectivity index (χ1) is 8.56. The summed E-state index contributed by atoms with van der Waals surface area (Å²) in [7, 11) is 0. The van der Waals surface area contributed by atoms with E-state index >= 15 is 0 Å². The van der Waals surface area contributed by atoms with Gasteiger partial charge in [0.05, 0.1) is 11.9 Å². The van der Waals surface area contributed by atoms with Gasteiger partial charge in [0.1, 0.15) is 11.6 Å². The molecule has 0 fully saturated rings. The number of anilines is 2. The first-order valence-corrected chi connectivity index (χ1v) is 5.35. The van der Waals surface area contributed by atoms with E-state index in [-0.39, 0.29) is 11.7 Å². The van der Waals surface area contributed by atoms with Gasteiger partial charge in [0, 0.05) is 5.56 Å². The molecule has 0 bridgehead atoms. The predicted octanol–water partition coefficient (Wildman–Crippen LogP) is 2.36. The number of nitrogen functional groups attached to an aromatic ring is 1. The third kappa shape index (κ3) is 2.63. The van der Waals surface area contributed by atoms with Crippen molar-refractivity contribution >= 4 is 17.4 Å². The molecule has 0 saturated carbocycles. The Bertz CT molecular complexity index is 581. The molecule has 3 N–H and O–H groups in total. The molecule has 0 spiro atoms. The highest BCUT2D eigenvalue weighted by Gasteiger charge is 2.09. The van der Waals surface area contributed by atoms with E-state index in [4.69, 9.17) is 5.73 Å². The van der Waals surface area contributed by atoms with Crippen LogP contribution in [0.4, 0.5) is 15.9 Å². The molecule has 1 aromatic carbocycles. The smallest absolute Gasteiger partial charge is 0.255 e. The lowest BCUT2D eigenvalue weighted by atomic mass is 10.1. The molecule has 92 valence electrons. The molecular weight excluding hydrogens is 233 g/mol. The zero-order valence-corrected chi connectivity index (χ0v) is 9.77. The zero-order chi connectivity index (χ0) is 13.1. The van der Waals surface area contributed by atoms with Gasteiger partial charge >= 0.3 is 0 Å². The Balaban J connectivity index is 2.19. The number of halogens is 1. The zero-order valence-electron chi connectivity index (χ0n) is 9.77. The van der Waals surface area contributed by atoms with Crippen LogP contribution in [-0.2, 0) is 0 Å². The van der Waals surface area contributed by atoms with Crippen molar-refractivity contribution in [2.75, 3.05) is 11.1 Å². The number of hydrogen-bond acceptors (Lipinski definition) is 3. The van der Waals surface area contributed by atoms with Gasteiger partial charge in [-0.3, -0.25) is 4.79 Å². The summed E-state index contributed by atoms with van der Waals surface area (Å²) in [5, 5.41) is 2.67. The summed E-state index contributed by atoms with van der Waals surface area (Å²) in [5.74, 6) is -0.289. The van der Waals surface area contributed by atoms with E-state index < -0.39 is 0 Å². The highest BCUT2D eigenvalue weighted by Crippen LogP contribution is 2.13. The van der Waals surface area contributed by atoms with E-state index in [0.29, 0.717) is 22.6 Å². The average molecular weight is 245 g/mol. The molecular formula is C13H12FN3O. The molecule has 2 aromatic rings. The van der Waals surface area contributed by atoms with Crippen molar-refractivity contribution in [2.45, 2.75) is 6.92 Å². The number of aromatic nitrogens is 1. The normalized spacial score (nSPS) is 10.1. The van der Waals surface area contributed by atoms with Gasteiger partial charge in [0.15, 0.2) is 0 Å². The van der Waals surface area contributed by atoms with E-state index in [1.165, 1.54) is 24.4 Å². The fourth-order valence-corrected chi connectivity index (χ4v) is 1.56. The third-order valence-electron chi connectivity index (χ3n) is 2.48. The molecule has 5 heteroatoms. The van der Waals surface area contributed by atoms with E-state index in [2.05, 4.69) is 10.3 Å². The number of carbonyl (C=O) groups is 1. The maximum absolute atomic E-state index is 12.9. The van der Waals surface area contributed by atoms with Crippen LogP contribution in [0.5, 0.6) is 0 Å². The molecule has 0 unspecified atom stereocenters. The van der Waals surface area contributed by atoms with Gasteiger partial charge in [-0.1, -0.05) is 0 Å². The molecule has 0 atom stereocenters. The summed E-state index contributed by atoms with van der Waals surface area (Å²) < 4.78 is 12.9. The Morgan fingerprint density at radius 3 is 2.72 bits per heavy atom. The summed E-state index contributed by atoms with van der Waals surface area (Å²) >= 11 is 0. The SMILES string of the molecule is Cc1cc(F)ccc1C(=O)Nc1ccc(N)nc1. The lowest BCUT2D eigenvalue weighted by Crippen LogP contribution is -2.13. The second-order valence-electron chi connectivity index (χ2n) is 3.89. The van der Waals surface area contributed by atoms with Gasteiger partial charge in [-0.2, -0.15) is 0 Å². The highest BCUT2D eigenvalue weighted by atomic mass is 19.1. The molecule has 2 rings (SSSR count). The molecule has 0 aliphatic rings. The molecule has 1 aromatic heterocycles. The minimum Gasteiger partial charge on any atom is -0.384 e. The Hall–Kier alpha value is -2.43. The number of benzene rings is 1. The number of nitrogens with two attached hydrogens (primary N) is 1. The van der Waals surface area contributed by atoms with E-state index in [1.807, 2.05) is 0 Å². The van der Waals surface area contributed by atoms with E-state index in [9.17, 15) is 9.18 Å². The number of nitrogens with one attached hydrogen (secondary N) is 1. The second-order valence-corrected chi connectivity index (χ2v) is 3.89. The molecule has 0 aliphatic heterocycles. The van der Waals surface area contributed by atoms with E-state index in [1.54, 1.807) is 19.1 Å². The Morgan fingerprint density at radius 1 is 1.33 bits per heavy atom. The quantitative estimate of drug-likeness (QED) is 0.853. The van der Waals surface area contributed by atoms with Crippen LogP contribution in [0.15, 0.2) is 36.5 Å². The first kappa shape index (κ1) is 12.0. The second kappa shape index (κ2) is 4.83. The standard InChI is InChI=1S/C13H12FN3O/c1-8-6-9(14)2-4-11(8)13(18)17-10-3-5-12(15)16-7-10/h2-7H,1H3,(H2,15,16)(H,17,18). The molecule has 0 radical (unpaired) electrons. The number of aryl methyl sites for hydroxylation is 1. The molecule has 1 amide bonds. The Labute approximate surface area is 104 Å². The van der Waals surface area contributed by atoms with Gasteiger partial charge in [-0.15, -0.1) is 0 Å². The molecule has 1 heterocycles. The van der Waals surface area contributed by atoms with Crippen molar-refractivity contribution < 1.29 is 9.18 Å². The average Bonchev–Trinajstić information content (AvgIpc) is 2.32. The summed E-state index contributed by atoms with van der Waals surface area (Å²) in [4.78, 5) is 15.8. The van der Waals surface area contributed by atoms with E-state index in [0.717, 1.165) is 0 Å². The van der Waals surface area contributed by atoms with Gasteiger partial charge in [-0.25, -0.2) is 9.37 Å².